The Balaban J connectivity index is 1.51. The Morgan fingerprint density at radius 2 is 1.96 bits per heavy atom. The van der Waals surface area contributed by atoms with E-state index >= 15 is 0 Å². The van der Waals surface area contributed by atoms with Crippen molar-refractivity contribution in [3.63, 3.8) is 0 Å². The van der Waals surface area contributed by atoms with Crippen LogP contribution in [0.1, 0.15) is 15.9 Å². The SMILES string of the molecule is O=C(NCc1cn[nH]c1-c1ccc(Cl)cc1)c1cccc2c1OCCO2. The molecular formula is C19H16ClN3O3. The van der Waals surface area contributed by atoms with Gasteiger partial charge in [0.1, 0.15) is 13.2 Å². The van der Waals surface area contributed by atoms with Crippen LogP contribution in [0.15, 0.2) is 48.7 Å². The minimum Gasteiger partial charge on any atom is -0.486 e. The highest BCUT2D eigenvalue weighted by Gasteiger charge is 2.20. The number of hydrogen-bond donors (Lipinski definition) is 2. The van der Waals surface area contributed by atoms with Gasteiger partial charge >= 0.3 is 0 Å². The average molecular weight is 370 g/mol. The molecule has 0 spiro atoms. The highest BCUT2D eigenvalue weighted by atomic mass is 35.5. The van der Waals surface area contributed by atoms with E-state index in [9.17, 15) is 4.79 Å². The van der Waals surface area contributed by atoms with Crippen LogP contribution in [0, 0.1) is 0 Å². The molecule has 2 heterocycles. The summed E-state index contributed by atoms with van der Waals surface area (Å²) in [6.07, 6.45) is 1.70. The summed E-state index contributed by atoms with van der Waals surface area (Å²) < 4.78 is 11.1. The Morgan fingerprint density at radius 3 is 2.81 bits per heavy atom. The molecule has 0 bridgehead atoms. The van der Waals surface area contributed by atoms with Gasteiger partial charge in [-0.2, -0.15) is 5.10 Å². The predicted octanol–water partition coefficient (Wildman–Crippen LogP) is 3.43. The molecule has 0 atom stereocenters. The molecule has 0 unspecified atom stereocenters. The maximum atomic E-state index is 12.6. The molecule has 132 valence electrons. The summed E-state index contributed by atoms with van der Waals surface area (Å²) >= 11 is 5.94. The van der Waals surface area contributed by atoms with E-state index in [0.717, 1.165) is 16.8 Å². The number of nitrogens with zero attached hydrogens (tertiary/aromatic N) is 1. The van der Waals surface area contributed by atoms with Gasteiger partial charge in [-0.3, -0.25) is 9.89 Å². The van der Waals surface area contributed by atoms with Crippen LogP contribution >= 0.6 is 11.6 Å². The molecule has 3 aromatic rings. The van der Waals surface area contributed by atoms with Gasteiger partial charge in [-0.05, 0) is 29.8 Å². The van der Waals surface area contributed by atoms with Gasteiger partial charge in [0.15, 0.2) is 11.5 Å². The third kappa shape index (κ3) is 3.23. The molecule has 6 nitrogen and oxygen atoms in total. The minimum absolute atomic E-state index is 0.226. The van der Waals surface area contributed by atoms with E-state index in [1.165, 1.54) is 0 Å². The normalized spacial score (nSPS) is 12.7. The standard InChI is InChI=1S/C19H16ClN3O3/c20-14-6-4-12(5-7-14)17-13(11-22-23-17)10-21-19(24)15-2-1-3-16-18(15)26-9-8-25-16/h1-7,11H,8-10H2,(H,21,24)(H,22,23). The molecule has 1 aromatic heterocycles. The highest BCUT2D eigenvalue weighted by molar-refractivity contribution is 6.30. The number of ether oxygens (including phenoxy) is 2. The number of carbonyl (C=O) groups is 1. The molecule has 2 N–H and O–H groups in total. The molecule has 1 aliphatic rings. The number of aromatic nitrogens is 2. The largest absolute Gasteiger partial charge is 0.486 e. The molecular weight excluding hydrogens is 354 g/mol. The molecule has 0 saturated carbocycles. The molecule has 4 rings (SSSR count). The number of halogens is 1. The van der Waals surface area contributed by atoms with Gasteiger partial charge in [-0.25, -0.2) is 0 Å². The molecule has 0 fully saturated rings. The second-order valence-electron chi connectivity index (χ2n) is 5.79. The zero-order chi connectivity index (χ0) is 17.9. The first-order valence-electron chi connectivity index (χ1n) is 8.17. The number of para-hydroxylation sites is 1. The number of hydrogen-bond acceptors (Lipinski definition) is 4. The number of nitrogens with one attached hydrogen (secondary N) is 2. The van der Waals surface area contributed by atoms with Crippen molar-refractivity contribution in [2.45, 2.75) is 6.54 Å². The van der Waals surface area contributed by atoms with E-state index in [-0.39, 0.29) is 5.91 Å². The number of benzene rings is 2. The summed E-state index contributed by atoms with van der Waals surface area (Å²) in [5.74, 6) is 0.853. The van der Waals surface area contributed by atoms with Crippen LogP contribution in [0.2, 0.25) is 5.02 Å². The van der Waals surface area contributed by atoms with Crippen molar-refractivity contribution < 1.29 is 14.3 Å². The summed E-state index contributed by atoms with van der Waals surface area (Å²) in [5, 5.41) is 10.6. The van der Waals surface area contributed by atoms with E-state index in [2.05, 4.69) is 15.5 Å². The first-order chi connectivity index (χ1) is 12.7. The second-order valence-corrected chi connectivity index (χ2v) is 6.23. The summed E-state index contributed by atoms with van der Waals surface area (Å²) in [5.41, 5.74) is 3.13. The van der Waals surface area contributed by atoms with Crippen LogP contribution in [-0.4, -0.2) is 29.3 Å². The summed E-state index contributed by atoms with van der Waals surface area (Å²) in [7, 11) is 0. The quantitative estimate of drug-likeness (QED) is 0.738. The lowest BCUT2D eigenvalue weighted by atomic mass is 10.1. The van der Waals surface area contributed by atoms with Crippen molar-refractivity contribution in [3.05, 3.63) is 64.8 Å². The molecule has 0 saturated heterocycles. The molecule has 26 heavy (non-hydrogen) atoms. The van der Waals surface area contributed by atoms with Crippen molar-refractivity contribution in [2.24, 2.45) is 0 Å². The number of carbonyl (C=O) groups excluding carboxylic acids is 1. The molecule has 1 aliphatic heterocycles. The number of rotatable bonds is 4. The van der Waals surface area contributed by atoms with Crippen molar-refractivity contribution in [1.29, 1.82) is 0 Å². The van der Waals surface area contributed by atoms with Crippen LogP contribution in [0.25, 0.3) is 11.3 Å². The Labute approximate surface area is 155 Å². The van der Waals surface area contributed by atoms with Crippen LogP contribution in [0.5, 0.6) is 11.5 Å². The minimum atomic E-state index is -0.226. The monoisotopic (exact) mass is 369 g/mol. The molecule has 2 aromatic carbocycles. The second kappa shape index (κ2) is 7.09. The van der Waals surface area contributed by atoms with E-state index in [1.807, 2.05) is 24.3 Å². The van der Waals surface area contributed by atoms with Crippen molar-refractivity contribution >= 4 is 17.5 Å². The topological polar surface area (TPSA) is 76.2 Å². The third-order valence-electron chi connectivity index (χ3n) is 4.10. The van der Waals surface area contributed by atoms with E-state index in [4.69, 9.17) is 21.1 Å². The van der Waals surface area contributed by atoms with Gasteiger partial charge in [0.05, 0.1) is 17.5 Å². The Bertz CT molecular complexity index is 937. The van der Waals surface area contributed by atoms with Gasteiger partial charge in [-0.15, -0.1) is 0 Å². The fraction of sp³-hybridized carbons (Fsp3) is 0.158. The Hall–Kier alpha value is -2.99. The fourth-order valence-corrected chi connectivity index (χ4v) is 2.96. The number of aromatic amines is 1. The van der Waals surface area contributed by atoms with Crippen molar-refractivity contribution in [3.8, 4) is 22.8 Å². The highest BCUT2D eigenvalue weighted by Crippen LogP contribution is 2.33. The maximum absolute atomic E-state index is 12.6. The number of amides is 1. The first kappa shape index (κ1) is 16.5. The van der Waals surface area contributed by atoms with E-state index in [0.29, 0.717) is 41.8 Å². The molecule has 0 aliphatic carbocycles. The molecule has 1 amide bonds. The lowest BCUT2D eigenvalue weighted by Gasteiger charge is -2.20. The summed E-state index contributed by atoms with van der Waals surface area (Å²) in [4.78, 5) is 12.6. The van der Waals surface area contributed by atoms with Crippen LogP contribution < -0.4 is 14.8 Å². The van der Waals surface area contributed by atoms with Gasteiger partial charge < -0.3 is 14.8 Å². The van der Waals surface area contributed by atoms with Crippen LogP contribution in [0.4, 0.5) is 0 Å². The van der Waals surface area contributed by atoms with Crippen molar-refractivity contribution in [2.75, 3.05) is 13.2 Å². The van der Waals surface area contributed by atoms with Crippen molar-refractivity contribution in [1.82, 2.24) is 15.5 Å². The zero-order valence-corrected chi connectivity index (χ0v) is 14.5. The van der Waals surface area contributed by atoms with Gasteiger partial charge in [-0.1, -0.05) is 29.8 Å². The fourth-order valence-electron chi connectivity index (χ4n) is 2.83. The van der Waals surface area contributed by atoms with Crippen LogP contribution in [-0.2, 0) is 6.54 Å². The van der Waals surface area contributed by atoms with Gasteiger partial charge in [0, 0.05) is 17.1 Å². The lowest BCUT2D eigenvalue weighted by Crippen LogP contribution is -2.25. The predicted molar refractivity (Wildman–Crippen MR) is 97.6 cm³/mol. The zero-order valence-electron chi connectivity index (χ0n) is 13.8. The van der Waals surface area contributed by atoms with Gasteiger partial charge in [0.25, 0.3) is 5.91 Å². The summed E-state index contributed by atoms with van der Waals surface area (Å²) in [6, 6.07) is 12.7. The third-order valence-corrected chi connectivity index (χ3v) is 4.35. The van der Waals surface area contributed by atoms with E-state index in [1.54, 1.807) is 24.4 Å². The molecule has 0 radical (unpaired) electrons. The Kier molecular flexibility index (Phi) is 4.50. The number of fused-ring (bicyclic) bond motifs is 1. The average Bonchev–Trinajstić information content (AvgIpc) is 3.15. The number of H-pyrrole nitrogens is 1. The maximum Gasteiger partial charge on any atom is 0.255 e. The lowest BCUT2D eigenvalue weighted by molar-refractivity contribution is 0.0940. The molecule has 7 heteroatoms. The first-order valence-corrected chi connectivity index (χ1v) is 8.55. The van der Waals surface area contributed by atoms with Crippen LogP contribution in [0.3, 0.4) is 0 Å². The summed E-state index contributed by atoms with van der Waals surface area (Å²) in [6.45, 7) is 1.25. The van der Waals surface area contributed by atoms with E-state index < -0.39 is 0 Å². The smallest absolute Gasteiger partial charge is 0.255 e. The Morgan fingerprint density at radius 1 is 1.15 bits per heavy atom. The van der Waals surface area contributed by atoms with Gasteiger partial charge in [0.2, 0.25) is 0 Å².